The summed E-state index contributed by atoms with van der Waals surface area (Å²) >= 11 is 0. The van der Waals surface area contributed by atoms with Crippen molar-refractivity contribution in [2.24, 2.45) is 0 Å². The van der Waals surface area contributed by atoms with Crippen molar-refractivity contribution in [1.29, 1.82) is 0 Å². The Kier molecular flexibility index (Phi) is 4.57. The molecule has 0 aliphatic carbocycles. The maximum absolute atomic E-state index is 5.74. The molecule has 1 unspecified atom stereocenters. The predicted octanol–water partition coefficient (Wildman–Crippen LogP) is 2.13. The van der Waals surface area contributed by atoms with E-state index in [0.717, 1.165) is 25.3 Å². The number of nitrogens with zero attached hydrogens (tertiary/aromatic N) is 4. The van der Waals surface area contributed by atoms with Gasteiger partial charge in [-0.15, -0.1) is 0 Å². The van der Waals surface area contributed by atoms with Crippen LogP contribution >= 0.6 is 0 Å². The van der Waals surface area contributed by atoms with E-state index in [9.17, 15) is 0 Å². The molecular formula is C15H20N4O2. The van der Waals surface area contributed by atoms with Gasteiger partial charge in [0.25, 0.3) is 0 Å². The van der Waals surface area contributed by atoms with Crippen molar-refractivity contribution < 1.29 is 9.26 Å². The van der Waals surface area contributed by atoms with Gasteiger partial charge >= 0.3 is 0 Å². The van der Waals surface area contributed by atoms with Gasteiger partial charge in [-0.2, -0.15) is 4.98 Å². The fourth-order valence-corrected chi connectivity index (χ4v) is 2.51. The van der Waals surface area contributed by atoms with E-state index in [-0.39, 0.29) is 0 Å². The summed E-state index contributed by atoms with van der Waals surface area (Å²) in [6, 6.07) is 5.64. The molecule has 6 heteroatoms. The summed E-state index contributed by atoms with van der Waals surface area (Å²) in [6.45, 7) is 2.39. The Hall–Kier alpha value is -1.79. The van der Waals surface area contributed by atoms with Crippen LogP contribution in [0.25, 0.3) is 11.5 Å². The van der Waals surface area contributed by atoms with Gasteiger partial charge in [-0.1, -0.05) is 11.2 Å². The molecule has 1 aliphatic rings. The van der Waals surface area contributed by atoms with Crippen molar-refractivity contribution in [3.05, 3.63) is 30.3 Å². The van der Waals surface area contributed by atoms with Crippen molar-refractivity contribution >= 4 is 0 Å². The first-order valence-electron chi connectivity index (χ1n) is 7.35. The van der Waals surface area contributed by atoms with Crippen LogP contribution in [-0.4, -0.2) is 46.3 Å². The lowest BCUT2D eigenvalue weighted by molar-refractivity contribution is -0.00382. The van der Waals surface area contributed by atoms with Gasteiger partial charge in [0, 0.05) is 19.3 Å². The SMILES string of the molecule is CN(Cc1nc(-c2ccccn2)no1)CC1CCCCO1. The Balaban J connectivity index is 1.56. The van der Waals surface area contributed by atoms with Crippen molar-refractivity contribution in [2.75, 3.05) is 20.2 Å². The van der Waals surface area contributed by atoms with Crippen LogP contribution in [0.2, 0.25) is 0 Å². The Morgan fingerprint density at radius 1 is 1.33 bits per heavy atom. The summed E-state index contributed by atoms with van der Waals surface area (Å²) in [5.74, 6) is 1.14. The summed E-state index contributed by atoms with van der Waals surface area (Å²) in [7, 11) is 2.04. The molecule has 1 saturated heterocycles. The Labute approximate surface area is 124 Å². The highest BCUT2D eigenvalue weighted by atomic mass is 16.5. The number of pyridine rings is 1. The molecule has 0 radical (unpaired) electrons. The molecule has 0 bridgehead atoms. The third-order valence-electron chi connectivity index (χ3n) is 3.56. The molecule has 21 heavy (non-hydrogen) atoms. The molecule has 112 valence electrons. The zero-order valence-corrected chi connectivity index (χ0v) is 12.2. The van der Waals surface area contributed by atoms with Crippen molar-refractivity contribution in [1.82, 2.24) is 20.0 Å². The van der Waals surface area contributed by atoms with Crippen LogP contribution in [-0.2, 0) is 11.3 Å². The topological polar surface area (TPSA) is 64.3 Å². The van der Waals surface area contributed by atoms with E-state index in [1.54, 1.807) is 6.20 Å². The highest BCUT2D eigenvalue weighted by Crippen LogP contribution is 2.15. The summed E-state index contributed by atoms with van der Waals surface area (Å²) < 4.78 is 11.0. The average Bonchev–Trinajstić information content (AvgIpc) is 2.97. The minimum absolute atomic E-state index is 0.321. The molecule has 0 N–H and O–H groups in total. The highest BCUT2D eigenvalue weighted by molar-refractivity contribution is 5.46. The zero-order valence-electron chi connectivity index (χ0n) is 12.2. The van der Waals surface area contributed by atoms with Gasteiger partial charge < -0.3 is 9.26 Å². The third kappa shape index (κ3) is 3.86. The molecule has 1 aliphatic heterocycles. The highest BCUT2D eigenvalue weighted by Gasteiger charge is 2.17. The molecule has 0 aromatic carbocycles. The van der Waals surface area contributed by atoms with Gasteiger partial charge in [0.2, 0.25) is 11.7 Å². The number of aromatic nitrogens is 3. The standard InChI is InChI=1S/C15H20N4O2/c1-19(10-12-6-3-5-9-20-12)11-14-17-15(18-21-14)13-7-2-4-8-16-13/h2,4,7-8,12H,3,5-6,9-11H2,1H3. The predicted molar refractivity (Wildman–Crippen MR) is 77.5 cm³/mol. The Bertz CT molecular complexity index is 552. The zero-order chi connectivity index (χ0) is 14.5. The molecular weight excluding hydrogens is 268 g/mol. The van der Waals surface area contributed by atoms with E-state index in [0.29, 0.717) is 24.4 Å². The first-order chi connectivity index (χ1) is 10.3. The quantitative estimate of drug-likeness (QED) is 0.840. The lowest BCUT2D eigenvalue weighted by atomic mass is 10.1. The van der Waals surface area contributed by atoms with Gasteiger partial charge in [-0.25, -0.2) is 0 Å². The molecule has 0 spiro atoms. The number of hydrogen-bond acceptors (Lipinski definition) is 6. The van der Waals surface area contributed by atoms with E-state index < -0.39 is 0 Å². The van der Waals surface area contributed by atoms with E-state index >= 15 is 0 Å². The smallest absolute Gasteiger partial charge is 0.241 e. The van der Waals surface area contributed by atoms with Gasteiger partial charge in [0.05, 0.1) is 12.6 Å². The van der Waals surface area contributed by atoms with Gasteiger partial charge in [0.15, 0.2) is 0 Å². The summed E-state index contributed by atoms with van der Waals surface area (Å²) in [4.78, 5) is 10.8. The second kappa shape index (κ2) is 6.78. The average molecular weight is 288 g/mol. The lowest BCUT2D eigenvalue weighted by Crippen LogP contribution is -2.33. The number of likely N-dealkylation sites (N-methyl/N-ethyl adjacent to an activating group) is 1. The Morgan fingerprint density at radius 2 is 2.29 bits per heavy atom. The summed E-state index contributed by atoms with van der Waals surface area (Å²) in [5, 5.41) is 3.98. The van der Waals surface area contributed by atoms with Crippen molar-refractivity contribution in [3.8, 4) is 11.5 Å². The second-order valence-electron chi connectivity index (χ2n) is 5.41. The van der Waals surface area contributed by atoms with Crippen LogP contribution in [0.5, 0.6) is 0 Å². The van der Waals surface area contributed by atoms with Crippen LogP contribution < -0.4 is 0 Å². The van der Waals surface area contributed by atoms with E-state index in [1.807, 2.05) is 25.2 Å². The summed E-state index contributed by atoms with van der Waals surface area (Å²) in [5.41, 5.74) is 0.728. The summed E-state index contributed by atoms with van der Waals surface area (Å²) in [6.07, 6.45) is 5.60. The lowest BCUT2D eigenvalue weighted by Gasteiger charge is -2.26. The molecule has 6 nitrogen and oxygen atoms in total. The second-order valence-corrected chi connectivity index (χ2v) is 5.41. The monoisotopic (exact) mass is 288 g/mol. The van der Waals surface area contributed by atoms with E-state index in [1.165, 1.54) is 12.8 Å². The van der Waals surface area contributed by atoms with E-state index in [2.05, 4.69) is 20.0 Å². The molecule has 2 aromatic rings. The van der Waals surface area contributed by atoms with Crippen molar-refractivity contribution in [3.63, 3.8) is 0 Å². The number of rotatable bonds is 5. The molecule has 3 rings (SSSR count). The normalized spacial score (nSPS) is 19.0. The first kappa shape index (κ1) is 14.2. The van der Waals surface area contributed by atoms with Gasteiger partial charge in [-0.05, 0) is 38.4 Å². The van der Waals surface area contributed by atoms with Crippen LogP contribution in [0, 0.1) is 0 Å². The molecule has 3 heterocycles. The van der Waals surface area contributed by atoms with Crippen LogP contribution in [0.3, 0.4) is 0 Å². The maximum Gasteiger partial charge on any atom is 0.241 e. The van der Waals surface area contributed by atoms with Crippen LogP contribution in [0.4, 0.5) is 0 Å². The fraction of sp³-hybridized carbons (Fsp3) is 0.533. The molecule has 0 saturated carbocycles. The molecule has 2 aromatic heterocycles. The number of ether oxygens (including phenoxy) is 1. The van der Waals surface area contributed by atoms with E-state index in [4.69, 9.17) is 9.26 Å². The van der Waals surface area contributed by atoms with Gasteiger partial charge in [0.1, 0.15) is 5.69 Å². The van der Waals surface area contributed by atoms with Gasteiger partial charge in [-0.3, -0.25) is 9.88 Å². The third-order valence-corrected chi connectivity index (χ3v) is 3.56. The van der Waals surface area contributed by atoms with Crippen LogP contribution in [0.15, 0.2) is 28.9 Å². The fourth-order valence-electron chi connectivity index (χ4n) is 2.51. The molecule has 1 fully saturated rings. The first-order valence-corrected chi connectivity index (χ1v) is 7.35. The van der Waals surface area contributed by atoms with Crippen molar-refractivity contribution in [2.45, 2.75) is 31.9 Å². The number of hydrogen-bond donors (Lipinski definition) is 0. The maximum atomic E-state index is 5.74. The Morgan fingerprint density at radius 3 is 3.05 bits per heavy atom. The largest absolute Gasteiger partial charge is 0.377 e. The molecule has 0 amide bonds. The minimum atomic E-state index is 0.321. The van der Waals surface area contributed by atoms with Crippen LogP contribution in [0.1, 0.15) is 25.2 Å². The minimum Gasteiger partial charge on any atom is -0.377 e. The molecule has 1 atom stereocenters.